The molecule has 1 saturated heterocycles. The van der Waals surface area contributed by atoms with Crippen LogP contribution in [0.15, 0.2) is 24.3 Å². The van der Waals surface area contributed by atoms with Crippen LogP contribution in [0.2, 0.25) is 0 Å². The van der Waals surface area contributed by atoms with Crippen molar-refractivity contribution in [3.63, 3.8) is 0 Å². The smallest absolute Gasteiger partial charge is 0.312 e. The number of urea groups is 1. The molecule has 200 valence electrons. The Bertz CT molecular complexity index is 901. The highest BCUT2D eigenvalue weighted by Gasteiger charge is 2.27. The highest BCUT2D eigenvalue weighted by atomic mass is 16.3. The summed E-state index contributed by atoms with van der Waals surface area (Å²) in [5, 5.41) is 18.4. The Hall–Kier alpha value is -3.22. The third-order valence-corrected chi connectivity index (χ3v) is 6.17. The summed E-state index contributed by atoms with van der Waals surface area (Å²) in [5.41, 5.74) is 11.8. The van der Waals surface area contributed by atoms with Crippen molar-refractivity contribution in [3.05, 3.63) is 29.8 Å². The number of hydrogen-bond acceptors (Lipinski definition) is 7. The molecule has 36 heavy (non-hydrogen) atoms. The predicted octanol–water partition coefficient (Wildman–Crippen LogP) is -0.651. The van der Waals surface area contributed by atoms with E-state index in [4.69, 9.17) is 11.5 Å². The van der Waals surface area contributed by atoms with Crippen LogP contribution in [0.3, 0.4) is 0 Å². The first-order valence-electron chi connectivity index (χ1n) is 12.1. The molecule has 1 aromatic carbocycles. The van der Waals surface area contributed by atoms with E-state index in [1.165, 1.54) is 0 Å². The van der Waals surface area contributed by atoms with Crippen molar-refractivity contribution in [2.75, 3.05) is 45.1 Å². The third-order valence-electron chi connectivity index (χ3n) is 6.17. The van der Waals surface area contributed by atoms with E-state index in [9.17, 15) is 24.3 Å². The Morgan fingerprint density at radius 1 is 1.03 bits per heavy atom. The Kier molecular flexibility index (Phi) is 11.1. The van der Waals surface area contributed by atoms with E-state index in [-0.39, 0.29) is 24.8 Å². The summed E-state index contributed by atoms with van der Waals surface area (Å²) in [7, 11) is 1.98. The van der Waals surface area contributed by atoms with Crippen LogP contribution in [-0.4, -0.2) is 90.5 Å². The van der Waals surface area contributed by atoms with Crippen LogP contribution in [0.1, 0.15) is 38.4 Å². The van der Waals surface area contributed by atoms with Crippen LogP contribution in [0.25, 0.3) is 0 Å². The van der Waals surface area contributed by atoms with Gasteiger partial charge < -0.3 is 42.3 Å². The number of nitrogens with two attached hydrogens (primary N) is 2. The molecule has 0 spiro atoms. The number of benzene rings is 1. The number of rotatable bonds is 11. The Labute approximate surface area is 211 Å². The number of carbonyl (C=O) groups is 4. The first-order chi connectivity index (χ1) is 17.0. The fourth-order valence-corrected chi connectivity index (χ4v) is 3.68. The van der Waals surface area contributed by atoms with Gasteiger partial charge >= 0.3 is 6.03 Å². The van der Waals surface area contributed by atoms with Crippen molar-refractivity contribution < 1.29 is 24.3 Å². The summed E-state index contributed by atoms with van der Waals surface area (Å²) in [6, 6.07) is 3.99. The zero-order chi connectivity index (χ0) is 26.8. The van der Waals surface area contributed by atoms with Gasteiger partial charge in [-0.2, -0.15) is 0 Å². The van der Waals surface area contributed by atoms with Gasteiger partial charge in [0.25, 0.3) is 5.91 Å². The van der Waals surface area contributed by atoms with Crippen LogP contribution in [0.5, 0.6) is 0 Å². The molecule has 1 aliphatic rings. The molecule has 0 aromatic heterocycles. The Morgan fingerprint density at radius 2 is 1.64 bits per heavy atom. The molecule has 3 atom stereocenters. The minimum absolute atomic E-state index is 0.113. The lowest BCUT2D eigenvalue weighted by molar-refractivity contribution is -0.142. The first kappa shape index (κ1) is 29.0. The van der Waals surface area contributed by atoms with Crippen molar-refractivity contribution >= 4 is 29.4 Å². The van der Waals surface area contributed by atoms with Gasteiger partial charge in [0.15, 0.2) is 6.10 Å². The summed E-state index contributed by atoms with van der Waals surface area (Å²) in [4.78, 5) is 52.7. The lowest BCUT2D eigenvalue weighted by Gasteiger charge is -2.33. The molecule has 0 aliphatic carbocycles. The second-order valence-corrected chi connectivity index (χ2v) is 9.41. The van der Waals surface area contributed by atoms with Crippen molar-refractivity contribution in [1.29, 1.82) is 0 Å². The molecule has 2 rings (SSSR count). The van der Waals surface area contributed by atoms with E-state index in [2.05, 4.69) is 20.9 Å². The van der Waals surface area contributed by atoms with Crippen molar-refractivity contribution in [3.8, 4) is 0 Å². The average molecular weight is 506 g/mol. The molecule has 0 bridgehead atoms. The zero-order valence-corrected chi connectivity index (χ0v) is 21.2. The third kappa shape index (κ3) is 8.77. The van der Waals surface area contributed by atoms with Crippen LogP contribution in [0, 0.1) is 5.92 Å². The SMILES string of the molecule is CC(C)[C@H](N)C(=O)N[C@@H](CCCNC(N)=O)C(=O)Nc1ccc(C(O)C(=O)N2CCN(C)CC2)cc1. The monoisotopic (exact) mass is 505 g/mol. The van der Waals surface area contributed by atoms with Gasteiger partial charge in [-0.15, -0.1) is 0 Å². The maximum Gasteiger partial charge on any atom is 0.312 e. The molecular formula is C24H39N7O5. The van der Waals surface area contributed by atoms with Crippen LogP contribution in [-0.2, 0) is 14.4 Å². The molecule has 1 heterocycles. The largest absolute Gasteiger partial charge is 0.378 e. The molecule has 5 amide bonds. The summed E-state index contributed by atoms with van der Waals surface area (Å²) >= 11 is 0. The molecule has 12 nitrogen and oxygen atoms in total. The minimum Gasteiger partial charge on any atom is -0.378 e. The summed E-state index contributed by atoms with van der Waals surface area (Å²) in [5.74, 6) is -1.37. The molecule has 0 radical (unpaired) electrons. The number of aliphatic hydroxyl groups excluding tert-OH is 1. The molecule has 1 aromatic rings. The maximum absolute atomic E-state index is 12.9. The molecule has 1 fully saturated rings. The van der Waals surface area contributed by atoms with Gasteiger partial charge in [0.1, 0.15) is 6.04 Å². The van der Waals surface area contributed by atoms with E-state index in [1.54, 1.807) is 43.0 Å². The van der Waals surface area contributed by atoms with Gasteiger partial charge in [-0.25, -0.2) is 4.79 Å². The van der Waals surface area contributed by atoms with Crippen molar-refractivity contribution in [2.24, 2.45) is 17.4 Å². The molecule has 0 saturated carbocycles. The average Bonchev–Trinajstić information content (AvgIpc) is 2.85. The van der Waals surface area contributed by atoms with Gasteiger partial charge in [0, 0.05) is 38.4 Å². The quantitative estimate of drug-likeness (QED) is 0.216. The van der Waals surface area contributed by atoms with Crippen LogP contribution >= 0.6 is 0 Å². The lowest BCUT2D eigenvalue weighted by Crippen LogP contribution is -2.51. The van der Waals surface area contributed by atoms with E-state index in [0.717, 1.165) is 13.1 Å². The van der Waals surface area contributed by atoms with Crippen molar-refractivity contribution in [2.45, 2.75) is 44.9 Å². The van der Waals surface area contributed by atoms with Gasteiger partial charge in [-0.3, -0.25) is 14.4 Å². The molecule has 8 N–H and O–H groups in total. The van der Waals surface area contributed by atoms with Gasteiger partial charge in [0.05, 0.1) is 6.04 Å². The second-order valence-electron chi connectivity index (χ2n) is 9.41. The highest BCUT2D eigenvalue weighted by molar-refractivity contribution is 5.98. The number of anilines is 1. The molecule has 12 heteroatoms. The lowest BCUT2D eigenvalue weighted by atomic mass is 10.0. The van der Waals surface area contributed by atoms with Crippen molar-refractivity contribution in [1.82, 2.24) is 20.4 Å². The maximum atomic E-state index is 12.9. The summed E-state index contributed by atoms with van der Waals surface area (Å²) in [6.45, 7) is 6.48. The van der Waals surface area contributed by atoms with Gasteiger partial charge in [-0.05, 0) is 43.5 Å². The second kappa shape index (κ2) is 13.8. The fourth-order valence-electron chi connectivity index (χ4n) is 3.68. The standard InChI is InChI=1S/C24H39N7O5/c1-15(2)19(25)22(34)29-18(5-4-10-27-24(26)36)21(33)28-17-8-6-16(7-9-17)20(32)23(35)31-13-11-30(3)12-14-31/h6-9,15,18-20,32H,4-5,10-14,25H2,1-3H3,(H,28,33)(H,29,34)(H3,26,27,36)/t18-,19-,20?/m0/s1. The predicted molar refractivity (Wildman–Crippen MR) is 136 cm³/mol. The van der Waals surface area contributed by atoms with Crippen LogP contribution in [0.4, 0.5) is 10.5 Å². The summed E-state index contributed by atoms with van der Waals surface area (Å²) < 4.78 is 0. The normalized spacial score (nSPS) is 16.7. The highest BCUT2D eigenvalue weighted by Crippen LogP contribution is 2.20. The number of primary amides is 1. The number of piperazine rings is 1. The number of aliphatic hydroxyl groups is 1. The Morgan fingerprint density at radius 3 is 2.19 bits per heavy atom. The Balaban J connectivity index is 2.01. The van der Waals surface area contributed by atoms with E-state index < -0.39 is 36.0 Å². The first-order valence-corrected chi connectivity index (χ1v) is 12.1. The molecular weight excluding hydrogens is 466 g/mol. The van der Waals surface area contributed by atoms with Gasteiger partial charge in [-0.1, -0.05) is 26.0 Å². The topological polar surface area (TPSA) is 183 Å². The number of hydrogen-bond donors (Lipinski definition) is 6. The van der Waals surface area contributed by atoms with Crippen LogP contribution < -0.4 is 27.4 Å². The van der Waals surface area contributed by atoms with E-state index in [1.807, 2.05) is 7.05 Å². The number of nitrogens with zero attached hydrogens (tertiary/aromatic N) is 2. The zero-order valence-electron chi connectivity index (χ0n) is 21.2. The molecule has 1 unspecified atom stereocenters. The van der Waals surface area contributed by atoms with E-state index >= 15 is 0 Å². The minimum atomic E-state index is -1.29. The number of amides is 5. The fraction of sp³-hybridized carbons (Fsp3) is 0.583. The van der Waals surface area contributed by atoms with E-state index in [0.29, 0.717) is 30.8 Å². The number of carbonyl (C=O) groups excluding carboxylic acids is 4. The number of likely N-dealkylation sites (N-methyl/N-ethyl adjacent to an activating group) is 1. The van der Waals surface area contributed by atoms with Gasteiger partial charge in [0.2, 0.25) is 11.8 Å². The summed E-state index contributed by atoms with van der Waals surface area (Å²) in [6.07, 6.45) is -0.642. The molecule has 1 aliphatic heterocycles. The number of nitrogens with one attached hydrogen (secondary N) is 3.